The van der Waals surface area contributed by atoms with Gasteiger partial charge in [-0.25, -0.2) is 0 Å². The van der Waals surface area contributed by atoms with Gasteiger partial charge < -0.3 is 9.84 Å². The van der Waals surface area contributed by atoms with E-state index in [4.69, 9.17) is 5.11 Å². The Hall–Kier alpha value is -1.19. The molecule has 1 atom stereocenters. The molecule has 0 aromatic rings. The summed E-state index contributed by atoms with van der Waals surface area (Å²) in [5.74, 6) is -2.33. The molecule has 0 aromatic carbocycles. The molecule has 21 heavy (non-hydrogen) atoms. The third kappa shape index (κ3) is 4.65. The SMILES string of the molecule is COC(=O)[C@@H](NS(=O)(=O)N1CCC(C(=O)O)CC1)C(C)C. The molecule has 8 nitrogen and oxygen atoms in total. The van der Waals surface area contributed by atoms with Crippen LogP contribution >= 0.6 is 0 Å². The van der Waals surface area contributed by atoms with Crippen molar-refractivity contribution in [1.29, 1.82) is 0 Å². The maximum Gasteiger partial charge on any atom is 0.324 e. The lowest BCUT2D eigenvalue weighted by molar-refractivity contribution is -0.144. The van der Waals surface area contributed by atoms with Gasteiger partial charge in [0, 0.05) is 13.1 Å². The van der Waals surface area contributed by atoms with Gasteiger partial charge >= 0.3 is 11.9 Å². The number of carbonyl (C=O) groups is 2. The molecule has 2 N–H and O–H groups in total. The molecule has 9 heteroatoms. The highest BCUT2D eigenvalue weighted by molar-refractivity contribution is 7.87. The Bertz CT molecular complexity index is 482. The monoisotopic (exact) mass is 322 g/mol. The smallest absolute Gasteiger partial charge is 0.324 e. The molecular weight excluding hydrogens is 300 g/mol. The molecule has 0 bridgehead atoms. The Kier molecular flexibility index (Phi) is 6.11. The third-order valence-corrected chi connectivity index (χ3v) is 5.14. The van der Waals surface area contributed by atoms with Crippen molar-refractivity contribution in [3.8, 4) is 0 Å². The summed E-state index contributed by atoms with van der Waals surface area (Å²) < 4.78 is 32.6. The average Bonchev–Trinajstić information content (AvgIpc) is 2.43. The van der Waals surface area contributed by atoms with E-state index in [-0.39, 0.29) is 31.8 Å². The molecule has 0 unspecified atom stereocenters. The van der Waals surface area contributed by atoms with Gasteiger partial charge in [0.2, 0.25) is 0 Å². The lowest BCUT2D eigenvalue weighted by Gasteiger charge is -2.31. The van der Waals surface area contributed by atoms with Gasteiger partial charge in [0.25, 0.3) is 10.2 Å². The molecule has 1 heterocycles. The second-order valence-electron chi connectivity index (χ2n) is 5.38. The van der Waals surface area contributed by atoms with E-state index in [1.54, 1.807) is 13.8 Å². The quantitative estimate of drug-likeness (QED) is 0.656. The molecule has 1 aliphatic rings. The number of hydrogen-bond acceptors (Lipinski definition) is 5. The summed E-state index contributed by atoms with van der Waals surface area (Å²) in [6.07, 6.45) is 0.529. The summed E-state index contributed by atoms with van der Waals surface area (Å²) in [7, 11) is -2.64. The van der Waals surface area contributed by atoms with E-state index in [0.717, 1.165) is 0 Å². The van der Waals surface area contributed by atoms with Crippen LogP contribution in [0.3, 0.4) is 0 Å². The predicted molar refractivity (Wildman–Crippen MR) is 74.6 cm³/mol. The molecule has 1 aliphatic heterocycles. The first-order valence-electron chi connectivity index (χ1n) is 6.77. The summed E-state index contributed by atoms with van der Waals surface area (Å²) in [5.41, 5.74) is 0. The fourth-order valence-corrected chi connectivity index (χ4v) is 3.69. The van der Waals surface area contributed by atoms with E-state index < -0.39 is 34.1 Å². The Morgan fingerprint density at radius 2 is 1.81 bits per heavy atom. The van der Waals surface area contributed by atoms with Crippen LogP contribution in [0.1, 0.15) is 26.7 Å². The Morgan fingerprint density at radius 1 is 1.29 bits per heavy atom. The molecular formula is C12H22N2O6S. The lowest BCUT2D eigenvalue weighted by Crippen LogP contribution is -2.52. The van der Waals surface area contributed by atoms with Gasteiger partial charge in [0.15, 0.2) is 0 Å². The van der Waals surface area contributed by atoms with Crippen LogP contribution in [0.15, 0.2) is 0 Å². The summed E-state index contributed by atoms with van der Waals surface area (Å²) in [6.45, 7) is 3.66. The molecule has 0 spiro atoms. The fraction of sp³-hybridized carbons (Fsp3) is 0.833. The summed E-state index contributed by atoms with van der Waals surface area (Å²) >= 11 is 0. The number of hydrogen-bond donors (Lipinski definition) is 2. The zero-order chi connectivity index (χ0) is 16.2. The Balaban J connectivity index is 2.73. The molecule has 1 saturated heterocycles. The van der Waals surface area contributed by atoms with Crippen molar-refractivity contribution in [3.63, 3.8) is 0 Å². The van der Waals surface area contributed by atoms with Gasteiger partial charge in [-0.3, -0.25) is 9.59 Å². The second kappa shape index (κ2) is 7.19. The van der Waals surface area contributed by atoms with Crippen molar-refractivity contribution >= 4 is 22.1 Å². The molecule has 0 radical (unpaired) electrons. The summed E-state index contributed by atoms with van der Waals surface area (Å²) in [6, 6.07) is -0.961. The van der Waals surface area contributed by atoms with Crippen LogP contribution in [-0.4, -0.2) is 56.0 Å². The largest absolute Gasteiger partial charge is 0.481 e. The van der Waals surface area contributed by atoms with E-state index in [1.165, 1.54) is 11.4 Å². The van der Waals surface area contributed by atoms with E-state index in [1.807, 2.05) is 0 Å². The minimum absolute atomic E-state index is 0.123. The standard InChI is InChI=1S/C12H22N2O6S/c1-8(2)10(12(17)20-3)13-21(18,19)14-6-4-9(5-7-14)11(15)16/h8-10,13H,4-7H2,1-3H3,(H,15,16)/t10-/m0/s1. The van der Waals surface area contributed by atoms with E-state index >= 15 is 0 Å². The van der Waals surface area contributed by atoms with E-state index in [0.29, 0.717) is 0 Å². The van der Waals surface area contributed by atoms with Crippen molar-refractivity contribution in [2.45, 2.75) is 32.7 Å². The van der Waals surface area contributed by atoms with Crippen molar-refractivity contribution in [2.75, 3.05) is 20.2 Å². The zero-order valence-electron chi connectivity index (χ0n) is 12.4. The molecule has 122 valence electrons. The van der Waals surface area contributed by atoms with Crippen LogP contribution in [0.2, 0.25) is 0 Å². The van der Waals surface area contributed by atoms with Gasteiger partial charge in [-0.05, 0) is 18.8 Å². The van der Waals surface area contributed by atoms with Gasteiger partial charge in [-0.1, -0.05) is 13.8 Å². The number of aliphatic carboxylic acids is 1. The number of piperidine rings is 1. The first kappa shape index (κ1) is 17.9. The fourth-order valence-electron chi connectivity index (χ4n) is 2.16. The first-order chi connectivity index (χ1) is 9.69. The zero-order valence-corrected chi connectivity index (χ0v) is 13.2. The maximum atomic E-state index is 12.3. The van der Waals surface area contributed by atoms with Crippen LogP contribution in [0, 0.1) is 11.8 Å². The van der Waals surface area contributed by atoms with Gasteiger partial charge in [0.05, 0.1) is 13.0 Å². The number of carbonyl (C=O) groups excluding carboxylic acids is 1. The van der Waals surface area contributed by atoms with Crippen LogP contribution in [0.5, 0.6) is 0 Å². The van der Waals surface area contributed by atoms with Crippen LogP contribution in [0.25, 0.3) is 0 Å². The number of rotatable bonds is 6. The molecule has 0 saturated carbocycles. The van der Waals surface area contributed by atoms with Gasteiger partial charge in [0.1, 0.15) is 6.04 Å². The maximum absolute atomic E-state index is 12.3. The third-order valence-electron chi connectivity index (χ3n) is 3.54. The lowest BCUT2D eigenvalue weighted by atomic mass is 9.99. The highest BCUT2D eigenvalue weighted by Crippen LogP contribution is 2.20. The van der Waals surface area contributed by atoms with Crippen LogP contribution < -0.4 is 4.72 Å². The van der Waals surface area contributed by atoms with Crippen molar-refractivity contribution < 1.29 is 27.9 Å². The molecule has 0 aliphatic carbocycles. The van der Waals surface area contributed by atoms with Crippen molar-refractivity contribution in [2.24, 2.45) is 11.8 Å². The molecule has 1 fully saturated rings. The predicted octanol–water partition coefficient (Wildman–Crippen LogP) is -0.185. The number of carboxylic acids is 1. The van der Waals surface area contributed by atoms with Crippen molar-refractivity contribution in [3.05, 3.63) is 0 Å². The van der Waals surface area contributed by atoms with Crippen molar-refractivity contribution in [1.82, 2.24) is 9.03 Å². The topological polar surface area (TPSA) is 113 Å². The van der Waals surface area contributed by atoms with Crippen LogP contribution in [0.4, 0.5) is 0 Å². The van der Waals surface area contributed by atoms with Gasteiger partial charge in [-0.2, -0.15) is 17.4 Å². The molecule has 1 rings (SSSR count). The number of methoxy groups -OCH3 is 1. The highest BCUT2D eigenvalue weighted by Gasteiger charge is 2.35. The minimum Gasteiger partial charge on any atom is -0.481 e. The summed E-state index contributed by atoms with van der Waals surface area (Å²) in [5, 5.41) is 8.91. The van der Waals surface area contributed by atoms with E-state index in [9.17, 15) is 18.0 Å². The van der Waals surface area contributed by atoms with Crippen LogP contribution in [-0.2, 0) is 24.5 Å². The average molecular weight is 322 g/mol. The number of nitrogens with zero attached hydrogens (tertiary/aromatic N) is 1. The second-order valence-corrected chi connectivity index (χ2v) is 7.08. The normalized spacial score (nSPS) is 19.4. The van der Waals surface area contributed by atoms with Gasteiger partial charge in [-0.15, -0.1) is 0 Å². The minimum atomic E-state index is -3.84. The molecule has 0 amide bonds. The number of ether oxygens (including phenoxy) is 1. The summed E-state index contributed by atoms with van der Waals surface area (Å²) in [4.78, 5) is 22.5. The number of nitrogens with one attached hydrogen (secondary N) is 1. The van der Waals surface area contributed by atoms with E-state index in [2.05, 4.69) is 9.46 Å². The Morgan fingerprint density at radius 3 is 2.19 bits per heavy atom. The number of esters is 1. The first-order valence-corrected chi connectivity index (χ1v) is 8.21. The number of carboxylic acid groups (broad SMARTS) is 1. The highest BCUT2D eigenvalue weighted by atomic mass is 32.2. The Labute approximate surface area is 124 Å². The molecule has 0 aromatic heterocycles.